The Morgan fingerprint density at radius 3 is 2.62 bits per heavy atom. The summed E-state index contributed by atoms with van der Waals surface area (Å²) in [6.45, 7) is 1.88. The molecular weight excluding hydrogens is 356 g/mol. The number of nitriles is 1. The minimum atomic E-state index is -4.40. The molecule has 0 bridgehead atoms. The average Bonchev–Trinajstić information content (AvgIpc) is 2.56. The molecule has 8 nitrogen and oxygen atoms in total. The number of nitrogen functional groups attached to an aromatic ring is 1. The summed E-state index contributed by atoms with van der Waals surface area (Å²) in [6.07, 6.45) is 1.20. The third-order valence-electron chi connectivity index (χ3n) is 3.33. The number of nitrogens with zero attached hydrogens (tertiary/aromatic N) is 1. The van der Waals surface area contributed by atoms with Gasteiger partial charge in [0.05, 0.1) is 16.3 Å². The summed E-state index contributed by atoms with van der Waals surface area (Å²) in [5.74, 6) is -0.752. The van der Waals surface area contributed by atoms with E-state index in [4.69, 9.17) is 15.5 Å². The van der Waals surface area contributed by atoms with E-state index >= 15 is 0 Å². The summed E-state index contributed by atoms with van der Waals surface area (Å²) in [6, 6.07) is 12.0. The maximum Gasteiger partial charge on any atom is 0.294 e. The molecule has 5 N–H and O–H groups in total. The lowest BCUT2D eigenvalue weighted by Crippen LogP contribution is -2.15. The first kappa shape index (κ1) is 19.0. The quantitative estimate of drug-likeness (QED) is 0.272. The number of nitrogens with two attached hydrogens (primary N) is 1. The molecule has 0 radical (unpaired) electrons. The van der Waals surface area contributed by atoms with Crippen molar-refractivity contribution >= 4 is 33.1 Å². The first-order valence-electron chi connectivity index (χ1n) is 7.32. The van der Waals surface area contributed by atoms with Crippen molar-refractivity contribution < 1.29 is 17.8 Å². The Bertz CT molecular complexity index is 1020. The fraction of sp³-hybridized carbons (Fsp3) is 0.0588. The Labute approximate surface area is 150 Å². The van der Waals surface area contributed by atoms with E-state index in [1.54, 1.807) is 18.2 Å². The van der Waals surface area contributed by atoms with Gasteiger partial charge >= 0.3 is 0 Å². The number of rotatable bonds is 5. The van der Waals surface area contributed by atoms with E-state index in [-0.39, 0.29) is 16.2 Å². The van der Waals surface area contributed by atoms with E-state index < -0.39 is 16.0 Å². The lowest BCUT2D eigenvalue weighted by atomic mass is 10.2. The van der Waals surface area contributed by atoms with Crippen LogP contribution in [0.3, 0.4) is 0 Å². The SMILES string of the molecule is Cc1ccc(N/C=C(/C#N)C(=O)Nc2cccc(S(=O)(=O)O)c2)c(N)c1. The predicted octanol–water partition coefficient (Wildman–Crippen LogP) is 2.28. The van der Waals surface area contributed by atoms with Gasteiger partial charge < -0.3 is 16.4 Å². The molecule has 1 amide bonds. The van der Waals surface area contributed by atoms with Crippen molar-refractivity contribution in [3.63, 3.8) is 0 Å². The molecule has 0 aliphatic carbocycles. The second kappa shape index (κ2) is 7.69. The van der Waals surface area contributed by atoms with E-state index in [1.165, 1.54) is 24.4 Å². The van der Waals surface area contributed by atoms with Crippen molar-refractivity contribution in [2.75, 3.05) is 16.4 Å². The topological polar surface area (TPSA) is 145 Å². The van der Waals surface area contributed by atoms with Gasteiger partial charge in [-0.3, -0.25) is 9.35 Å². The maximum absolute atomic E-state index is 12.2. The molecule has 2 rings (SSSR count). The lowest BCUT2D eigenvalue weighted by Gasteiger charge is -2.08. The van der Waals surface area contributed by atoms with Crippen molar-refractivity contribution in [2.45, 2.75) is 11.8 Å². The third kappa shape index (κ3) is 4.83. The monoisotopic (exact) mass is 372 g/mol. The standard InChI is InChI=1S/C17H16N4O4S/c1-11-5-6-16(15(19)7-11)20-10-12(9-18)17(22)21-13-3-2-4-14(8-13)26(23,24)25/h2-8,10,20H,19H2,1H3,(H,21,22)(H,23,24,25)/b12-10-. The molecule has 0 atom stereocenters. The summed E-state index contributed by atoms with van der Waals surface area (Å²) in [7, 11) is -4.40. The molecule has 2 aromatic carbocycles. The number of aryl methyl sites for hydroxylation is 1. The summed E-state index contributed by atoms with van der Waals surface area (Å²) in [4.78, 5) is 11.8. The number of amides is 1. The van der Waals surface area contributed by atoms with E-state index in [0.29, 0.717) is 11.4 Å². The fourth-order valence-electron chi connectivity index (χ4n) is 2.04. The van der Waals surface area contributed by atoms with Gasteiger partial charge in [0.25, 0.3) is 16.0 Å². The zero-order valence-corrected chi connectivity index (χ0v) is 14.5. The molecule has 0 saturated heterocycles. The van der Waals surface area contributed by atoms with E-state index in [1.807, 2.05) is 13.0 Å². The third-order valence-corrected chi connectivity index (χ3v) is 4.18. The van der Waals surface area contributed by atoms with Crippen LogP contribution in [0.4, 0.5) is 17.1 Å². The Balaban J connectivity index is 2.17. The van der Waals surface area contributed by atoms with Gasteiger partial charge in [-0.15, -0.1) is 0 Å². The van der Waals surface area contributed by atoms with Crippen LogP contribution in [0.15, 0.2) is 59.1 Å². The molecule has 0 aliphatic rings. The van der Waals surface area contributed by atoms with Crippen molar-refractivity contribution in [3.8, 4) is 6.07 Å². The van der Waals surface area contributed by atoms with Gasteiger partial charge in [-0.05, 0) is 42.8 Å². The Morgan fingerprint density at radius 1 is 1.27 bits per heavy atom. The molecule has 0 heterocycles. The second-order valence-corrected chi connectivity index (χ2v) is 6.78. The first-order chi connectivity index (χ1) is 12.2. The smallest absolute Gasteiger partial charge is 0.294 e. The number of hydrogen-bond donors (Lipinski definition) is 4. The number of benzene rings is 2. The van der Waals surface area contributed by atoms with Crippen LogP contribution in [0.25, 0.3) is 0 Å². The van der Waals surface area contributed by atoms with Gasteiger partial charge in [-0.2, -0.15) is 13.7 Å². The molecule has 0 fully saturated rings. The van der Waals surface area contributed by atoms with Crippen LogP contribution in [0, 0.1) is 18.3 Å². The molecule has 26 heavy (non-hydrogen) atoms. The molecule has 0 aromatic heterocycles. The van der Waals surface area contributed by atoms with Crippen molar-refractivity contribution in [1.29, 1.82) is 5.26 Å². The highest BCUT2D eigenvalue weighted by Gasteiger charge is 2.13. The normalized spacial score (nSPS) is 11.5. The zero-order chi connectivity index (χ0) is 19.3. The zero-order valence-electron chi connectivity index (χ0n) is 13.7. The molecule has 0 unspecified atom stereocenters. The highest BCUT2D eigenvalue weighted by molar-refractivity contribution is 7.85. The van der Waals surface area contributed by atoms with Gasteiger partial charge in [0.15, 0.2) is 0 Å². The number of carbonyl (C=O) groups excluding carboxylic acids is 1. The number of nitrogens with one attached hydrogen (secondary N) is 2. The Morgan fingerprint density at radius 2 is 2.00 bits per heavy atom. The summed E-state index contributed by atoms with van der Waals surface area (Å²) >= 11 is 0. The van der Waals surface area contributed by atoms with Gasteiger partial charge in [0.1, 0.15) is 11.6 Å². The highest BCUT2D eigenvalue weighted by atomic mass is 32.2. The van der Waals surface area contributed by atoms with Crippen LogP contribution in [-0.2, 0) is 14.9 Å². The number of hydrogen-bond acceptors (Lipinski definition) is 6. The lowest BCUT2D eigenvalue weighted by molar-refractivity contribution is -0.112. The van der Waals surface area contributed by atoms with Gasteiger partial charge in [-0.25, -0.2) is 0 Å². The van der Waals surface area contributed by atoms with Crippen LogP contribution in [-0.4, -0.2) is 18.9 Å². The minimum Gasteiger partial charge on any atom is -0.397 e. The predicted molar refractivity (Wildman–Crippen MR) is 97.8 cm³/mol. The van der Waals surface area contributed by atoms with Crippen molar-refractivity contribution in [3.05, 3.63) is 59.8 Å². The van der Waals surface area contributed by atoms with Crippen LogP contribution in [0.5, 0.6) is 0 Å². The largest absolute Gasteiger partial charge is 0.397 e. The van der Waals surface area contributed by atoms with Crippen LogP contribution in [0.1, 0.15) is 5.56 Å². The molecule has 0 saturated carbocycles. The average molecular weight is 372 g/mol. The second-order valence-electron chi connectivity index (χ2n) is 5.36. The Kier molecular flexibility index (Phi) is 5.61. The van der Waals surface area contributed by atoms with Gasteiger partial charge in [0, 0.05) is 11.9 Å². The first-order valence-corrected chi connectivity index (χ1v) is 8.76. The minimum absolute atomic E-state index is 0.112. The van der Waals surface area contributed by atoms with Crippen LogP contribution in [0.2, 0.25) is 0 Å². The molecule has 0 aliphatic heterocycles. The fourth-order valence-corrected chi connectivity index (χ4v) is 2.57. The van der Waals surface area contributed by atoms with Crippen molar-refractivity contribution in [2.24, 2.45) is 0 Å². The summed E-state index contributed by atoms with van der Waals surface area (Å²) in [5, 5.41) is 14.3. The number of carbonyl (C=O) groups is 1. The van der Waals surface area contributed by atoms with Gasteiger partial charge in [-0.1, -0.05) is 12.1 Å². The molecular formula is C17H16N4O4S. The van der Waals surface area contributed by atoms with E-state index in [9.17, 15) is 13.2 Å². The van der Waals surface area contributed by atoms with E-state index in [2.05, 4.69) is 10.6 Å². The highest BCUT2D eigenvalue weighted by Crippen LogP contribution is 2.20. The maximum atomic E-state index is 12.2. The summed E-state index contributed by atoms with van der Waals surface area (Å²) < 4.78 is 31.3. The Hall–Kier alpha value is -3.35. The molecule has 0 spiro atoms. The summed E-state index contributed by atoms with van der Waals surface area (Å²) in [5.41, 5.74) is 7.67. The van der Waals surface area contributed by atoms with Crippen LogP contribution < -0.4 is 16.4 Å². The molecule has 9 heteroatoms. The van der Waals surface area contributed by atoms with Gasteiger partial charge in [0.2, 0.25) is 0 Å². The molecule has 2 aromatic rings. The van der Waals surface area contributed by atoms with Crippen LogP contribution >= 0.6 is 0 Å². The number of anilines is 3. The molecule has 134 valence electrons. The van der Waals surface area contributed by atoms with E-state index in [0.717, 1.165) is 11.6 Å². The van der Waals surface area contributed by atoms with Crippen molar-refractivity contribution in [1.82, 2.24) is 0 Å².